The molecule has 0 radical (unpaired) electrons. The minimum atomic E-state index is -0.202. The van der Waals surface area contributed by atoms with Crippen molar-refractivity contribution in [2.75, 3.05) is 6.61 Å². The summed E-state index contributed by atoms with van der Waals surface area (Å²) in [6, 6.07) is 9.72. The molecule has 0 aliphatic rings. The second-order valence-corrected chi connectivity index (χ2v) is 3.80. The van der Waals surface area contributed by atoms with E-state index in [1.807, 2.05) is 36.5 Å². The van der Waals surface area contributed by atoms with Crippen LogP contribution in [0.1, 0.15) is 19.0 Å². The highest BCUT2D eigenvalue weighted by Gasteiger charge is 2.06. The lowest BCUT2D eigenvalue weighted by molar-refractivity contribution is -0.143. The van der Waals surface area contributed by atoms with Crippen LogP contribution in [0.3, 0.4) is 0 Å². The molecule has 5 nitrogen and oxygen atoms in total. The first-order valence-electron chi connectivity index (χ1n) is 5.92. The third kappa shape index (κ3) is 3.16. The zero-order chi connectivity index (χ0) is 12.8. The fraction of sp³-hybridized carbons (Fsp3) is 0.308. The van der Waals surface area contributed by atoms with Crippen molar-refractivity contribution >= 4 is 5.97 Å². The van der Waals surface area contributed by atoms with E-state index in [0.29, 0.717) is 19.4 Å². The summed E-state index contributed by atoms with van der Waals surface area (Å²) in [7, 11) is 0. The molecule has 5 heteroatoms. The summed E-state index contributed by atoms with van der Waals surface area (Å²) in [6.07, 6.45) is 2.71. The number of aromatic nitrogens is 3. The number of esters is 1. The van der Waals surface area contributed by atoms with Gasteiger partial charge in [-0.05, 0) is 19.1 Å². The summed E-state index contributed by atoms with van der Waals surface area (Å²) in [5.74, 6) is -0.202. The predicted octanol–water partition coefficient (Wildman–Crippen LogP) is 1.76. The smallest absolute Gasteiger partial charge is 0.306 e. The number of carbonyl (C=O) groups is 1. The van der Waals surface area contributed by atoms with Gasteiger partial charge in [0.05, 0.1) is 30.6 Å². The van der Waals surface area contributed by atoms with Crippen molar-refractivity contribution in [3.8, 4) is 5.69 Å². The summed E-state index contributed by atoms with van der Waals surface area (Å²) < 4.78 is 6.56. The van der Waals surface area contributed by atoms with Crippen molar-refractivity contribution in [3.63, 3.8) is 0 Å². The highest BCUT2D eigenvalue weighted by Crippen LogP contribution is 2.07. The molecule has 1 aromatic carbocycles. The molecule has 0 unspecified atom stereocenters. The van der Waals surface area contributed by atoms with Crippen molar-refractivity contribution in [2.24, 2.45) is 0 Å². The molecule has 0 aliphatic carbocycles. The number of nitrogens with zero attached hydrogens (tertiary/aromatic N) is 3. The third-order valence-electron chi connectivity index (χ3n) is 2.45. The third-order valence-corrected chi connectivity index (χ3v) is 2.45. The second-order valence-electron chi connectivity index (χ2n) is 3.80. The van der Waals surface area contributed by atoms with E-state index >= 15 is 0 Å². The van der Waals surface area contributed by atoms with Crippen LogP contribution >= 0.6 is 0 Å². The summed E-state index contributed by atoms with van der Waals surface area (Å²) in [5, 5.41) is 8.05. The summed E-state index contributed by atoms with van der Waals surface area (Å²) in [4.78, 5) is 11.2. The van der Waals surface area contributed by atoms with Gasteiger partial charge < -0.3 is 4.74 Å². The van der Waals surface area contributed by atoms with Gasteiger partial charge in [0, 0.05) is 6.42 Å². The van der Waals surface area contributed by atoms with E-state index in [0.717, 1.165) is 11.4 Å². The minimum Gasteiger partial charge on any atom is -0.466 e. The van der Waals surface area contributed by atoms with Gasteiger partial charge in [0.2, 0.25) is 0 Å². The molecule has 1 heterocycles. The van der Waals surface area contributed by atoms with Gasteiger partial charge in [-0.25, -0.2) is 4.68 Å². The van der Waals surface area contributed by atoms with Gasteiger partial charge in [-0.2, -0.15) is 0 Å². The quantitative estimate of drug-likeness (QED) is 0.753. The lowest BCUT2D eigenvalue weighted by atomic mass is 10.2. The number of carbonyl (C=O) groups excluding carboxylic acids is 1. The summed E-state index contributed by atoms with van der Waals surface area (Å²) >= 11 is 0. The first-order chi connectivity index (χ1) is 8.79. The molecular weight excluding hydrogens is 230 g/mol. The number of benzene rings is 1. The molecule has 2 rings (SSSR count). The lowest BCUT2D eigenvalue weighted by Gasteiger charge is -1.99. The number of aryl methyl sites for hydroxylation is 1. The van der Waals surface area contributed by atoms with Crippen LogP contribution in [0.5, 0.6) is 0 Å². The van der Waals surface area contributed by atoms with Crippen LogP contribution in [0.2, 0.25) is 0 Å². The maximum atomic E-state index is 11.2. The van der Waals surface area contributed by atoms with E-state index in [1.54, 1.807) is 11.6 Å². The van der Waals surface area contributed by atoms with Gasteiger partial charge in [-0.3, -0.25) is 4.79 Å². The Hall–Kier alpha value is -2.17. The van der Waals surface area contributed by atoms with Gasteiger partial charge >= 0.3 is 5.97 Å². The number of ether oxygens (including phenoxy) is 1. The zero-order valence-electron chi connectivity index (χ0n) is 10.2. The molecule has 0 spiro atoms. The lowest BCUT2D eigenvalue weighted by Crippen LogP contribution is -2.05. The standard InChI is InChI=1S/C13H15N3O2/c1-2-18-13(17)9-8-11-10-16(15-14-11)12-6-4-3-5-7-12/h3-7,10H,2,8-9H2,1H3. The molecule has 0 atom stereocenters. The van der Waals surface area contributed by atoms with Crippen molar-refractivity contribution in [1.82, 2.24) is 15.0 Å². The Morgan fingerprint density at radius 2 is 2.11 bits per heavy atom. The van der Waals surface area contributed by atoms with E-state index in [4.69, 9.17) is 4.74 Å². The van der Waals surface area contributed by atoms with Crippen LogP contribution in [-0.2, 0) is 16.0 Å². The fourth-order valence-electron chi connectivity index (χ4n) is 1.58. The average molecular weight is 245 g/mol. The van der Waals surface area contributed by atoms with E-state index in [1.165, 1.54) is 0 Å². The molecule has 0 saturated carbocycles. The normalized spacial score (nSPS) is 10.3. The fourth-order valence-corrected chi connectivity index (χ4v) is 1.58. The number of hydrogen-bond acceptors (Lipinski definition) is 4. The van der Waals surface area contributed by atoms with Gasteiger partial charge in [0.25, 0.3) is 0 Å². The van der Waals surface area contributed by atoms with Crippen LogP contribution in [0.15, 0.2) is 36.5 Å². The van der Waals surface area contributed by atoms with E-state index in [9.17, 15) is 4.79 Å². The second kappa shape index (κ2) is 5.95. The molecule has 18 heavy (non-hydrogen) atoms. The molecule has 1 aromatic heterocycles. The topological polar surface area (TPSA) is 57.0 Å². The molecule has 0 aliphatic heterocycles. The number of rotatable bonds is 5. The Morgan fingerprint density at radius 3 is 2.83 bits per heavy atom. The van der Waals surface area contributed by atoms with E-state index in [-0.39, 0.29) is 5.97 Å². The SMILES string of the molecule is CCOC(=O)CCc1cn(-c2ccccc2)nn1. The Labute approximate surface area is 105 Å². The summed E-state index contributed by atoms with van der Waals surface area (Å²) in [6.45, 7) is 2.21. The molecule has 0 bridgehead atoms. The molecular formula is C13H15N3O2. The first kappa shape index (κ1) is 12.3. The van der Waals surface area contributed by atoms with Gasteiger partial charge in [-0.15, -0.1) is 5.10 Å². The minimum absolute atomic E-state index is 0.202. The molecule has 0 fully saturated rings. The highest BCUT2D eigenvalue weighted by molar-refractivity contribution is 5.69. The largest absolute Gasteiger partial charge is 0.466 e. The molecule has 2 aromatic rings. The maximum absolute atomic E-state index is 11.2. The Kier molecular flexibility index (Phi) is 4.06. The molecule has 0 amide bonds. The van der Waals surface area contributed by atoms with Crippen molar-refractivity contribution < 1.29 is 9.53 Å². The van der Waals surface area contributed by atoms with Crippen LogP contribution in [0, 0.1) is 0 Å². The van der Waals surface area contributed by atoms with Crippen molar-refractivity contribution in [3.05, 3.63) is 42.2 Å². The first-order valence-corrected chi connectivity index (χ1v) is 5.92. The number of hydrogen-bond donors (Lipinski definition) is 0. The van der Waals surface area contributed by atoms with Gasteiger partial charge in [0.15, 0.2) is 0 Å². The van der Waals surface area contributed by atoms with Crippen LogP contribution in [0.4, 0.5) is 0 Å². The van der Waals surface area contributed by atoms with Crippen molar-refractivity contribution in [1.29, 1.82) is 0 Å². The van der Waals surface area contributed by atoms with Gasteiger partial charge in [-0.1, -0.05) is 23.4 Å². The van der Waals surface area contributed by atoms with Crippen molar-refractivity contribution in [2.45, 2.75) is 19.8 Å². The molecule has 0 saturated heterocycles. The average Bonchev–Trinajstić information content (AvgIpc) is 2.87. The van der Waals surface area contributed by atoms with Crippen LogP contribution in [-0.4, -0.2) is 27.6 Å². The molecule has 94 valence electrons. The number of para-hydroxylation sites is 1. The van der Waals surface area contributed by atoms with Gasteiger partial charge in [0.1, 0.15) is 0 Å². The Balaban J connectivity index is 1.97. The van der Waals surface area contributed by atoms with E-state index < -0.39 is 0 Å². The van der Waals surface area contributed by atoms with Crippen LogP contribution in [0.25, 0.3) is 5.69 Å². The highest BCUT2D eigenvalue weighted by atomic mass is 16.5. The Bertz CT molecular complexity index is 508. The Morgan fingerprint density at radius 1 is 1.33 bits per heavy atom. The van der Waals surface area contributed by atoms with Crippen LogP contribution < -0.4 is 0 Å². The predicted molar refractivity (Wildman–Crippen MR) is 66.3 cm³/mol. The molecule has 0 N–H and O–H groups in total. The summed E-state index contributed by atoms with van der Waals surface area (Å²) in [5.41, 5.74) is 1.74. The zero-order valence-corrected chi connectivity index (χ0v) is 10.2. The maximum Gasteiger partial charge on any atom is 0.306 e. The monoisotopic (exact) mass is 245 g/mol. The van der Waals surface area contributed by atoms with E-state index in [2.05, 4.69) is 10.3 Å².